The van der Waals surface area contributed by atoms with Crippen LogP contribution in [0, 0.1) is 0 Å². The summed E-state index contributed by atoms with van der Waals surface area (Å²) in [6, 6.07) is 7.85. The molecular weight excluding hydrogens is 226 g/mol. The predicted octanol–water partition coefficient (Wildman–Crippen LogP) is 1.02. The highest BCUT2D eigenvalue weighted by atomic mass is 16.1. The minimum Gasteiger partial charge on any atom is -0.398 e. The quantitative estimate of drug-likeness (QED) is 0.784. The van der Waals surface area contributed by atoms with E-state index in [-0.39, 0.29) is 5.91 Å². The number of para-hydroxylation sites is 1. The molecule has 0 aliphatic carbocycles. The number of carbonyl (C=O) groups excluding carboxylic acids is 1. The number of hydrogen-bond donors (Lipinski definition) is 2. The Labute approximate surface area is 108 Å². The van der Waals surface area contributed by atoms with Crippen LogP contribution in [-0.4, -0.2) is 37.0 Å². The fraction of sp³-hybridized carbons (Fsp3) is 0.500. The molecule has 1 fully saturated rings. The van der Waals surface area contributed by atoms with Crippen LogP contribution in [0.2, 0.25) is 0 Å². The molecule has 1 aliphatic heterocycles. The van der Waals surface area contributed by atoms with Gasteiger partial charge in [-0.2, -0.15) is 0 Å². The van der Waals surface area contributed by atoms with Gasteiger partial charge in [0.05, 0.1) is 6.42 Å². The molecule has 4 nitrogen and oxygen atoms in total. The second-order valence-electron chi connectivity index (χ2n) is 5.02. The van der Waals surface area contributed by atoms with Crippen molar-refractivity contribution in [1.82, 2.24) is 10.2 Å². The van der Waals surface area contributed by atoms with Crippen molar-refractivity contribution in [2.45, 2.75) is 25.3 Å². The minimum atomic E-state index is 0.0717. The van der Waals surface area contributed by atoms with E-state index in [0.717, 1.165) is 31.5 Å². The molecule has 1 saturated heterocycles. The first-order chi connectivity index (χ1) is 8.65. The summed E-state index contributed by atoms with van der Waals surface area (Å²) < 4.78 is 0. The van der Waals surface area contributed by atoms with Crippen LogP contribution in [0.5, 0.6) is 0 Å². The predicted molar refractivity (Wildman–Crippen MR) is 73.2 cm³/mol. The Morgan fingerprint density at radius 1 is 1.39 bits per heavy atom. The first kappa shape index (κ1) is 12.9. The molecule has 98 valence electrons. The van der Waals surface area contributed by atoms with E-state index in [1.807, 2.05) is 24.3 Å². The summed E-state index contributed by atoms with van der Waals surface area (Å²) in [4.78, 5) is 14.2. The van der Waals surface area contributed by atoms with E-state index in [9.17, 15) is 4.79 Å². The fourth-order valence-electron chi connectivity index (χ4n) is 2.30. The highest BCUT2D eigenvalue weighted by Gasteiger charge is 2.18. The van der Waals surface area contributed by atoms with Crippen LogP contribution >= 0.6 is 0 Å². The maximum Gasteiger partial charge on any atom is 0.224 e. The number of nitrogens with one attached hydrogen (secondary N) is 1. The molecule has 0 bridgehead atoms. The van der Waals surface area contributed by atoms with Crippen LogP contribution in [0.15, 0.2) is 24.3 Å². The van der Waals surface area contributed by atoms with Crippen LogP contribution in [-0.2, 0) is 11.2 Å². The van der Waals surface area contributed by atoms with Gasteiger partial charge in [-0.05, 0) is 44.6 Å². The van der Waals surface area contributed by atoms with Crippen LogP contribution in [0.3, 0.4) is 0 Å². The molecule has 0 radical (unpaired) electrons. The fourth-order valence-corrected chi connectivity index (χ4v) is 2.30. The van der Waals surface area contributed by atoms with Gasteiger partial charge in [-0.15, -0.1) is 0 Å². The normalized spacial score (nSPS) is 17.6. The van der Waals surface area contributed by atoms with Gasteiger partial charge in [0.15, 0.2) is 0 Å². The van der Waals surface area contributed by atoms with Gasteiger partial charge in [-0.3, -0.25) is 4.79 Å². The van der Waals surface area contributed by atoms with Gasteiger partial charge >= 0.3 is 0 Å². The Kier molecular flexibility index (Phi) is 4.20. The smallest absolute Gasteiger partial charge is 0.224 e. The number of nitrogens with two attached hydrogens (primary N) is 1. The lowest BCUT2D eigenvalue weighted by Gasteiger charge is -2.29. The van der Waals surface area contributed by atoms with Crippen molar-refractivity contribution in [2.24, 2.45) is 0 Å². The number of piperidine rings is 1. The number of hydrogen-bond acceptors (Lipinski definition) is 3. The largest absolute Gasteiger partial charge is 0.398 e. The SMILES string of the molecule is CN1CCC(NC(=O)Cc2ccccc2N)CC1. The maximum atomic E-state index is 11.9. The minimum absolute atomic E-state index is 0.0717. The Morgan fingerprint density at radius 3 is 2.72 bits per heavy atom. The molecule has 0 spiro atoms. The van der Waals surface area contributed by atoms with Gasteiger partial charge in [-0.25, -0.2) is 0 Å². The topological polar surface area (TPSA) is 58.4 Å². The van der Waals surface area contributed by atoms with Crippen molar-refractivity contribution < 1.29 is 4.79 Å². The maximum absolute atomic E-state index is 11.9. The van der Waals surface area contributed by atoms with E-state index in [1.54, 1.807) is 0 Å². The lowest BCUT2D eigenvalue weighted by atomic mass is 10.0. The van der Waals surface area contributed by atoms with E-state index in [4.69, 9.17) is 5.73 Å². The Hall–Kier alpha value is -1.55. The first-order valence-corrected chi connectivity index (χ1v) is 6.46. The van der Waals surface area contributed by atoms with Crippen molar-refractivity contribution in [3.05, 3.63) is 29.8 Å². The third kappa shape index (κ3) is 3.47. The van der Waals surface area contributed by atoms with Crippen LogP contribution < -0.4 is 11.1 Å². The van der Waals surface area contributed by atoms with Gasteiger partial charge in [0.2, 0.25) is 5.91 Å². The summed E-state index contributed by atoms with van der Waals surface area (Å²) in [5, 5.41) is 3.09. The number of nitrogen functional groups attached to an aromatic ring is 1. The summed E-state index contributed by atoms with van der Waals surface area (Å²) in [5.74, 6) is 0.0717. The van der Waals surface area contributed by atoms with E-state index < -0.39 is 0 Å². The zero-order valence-electron chi connectivity index (χ0n) is 10.9. The monoisotopic (exact) mass is 247 g/mol. The van der Waals surface area contributed by atoms with Crippen LogP contribution in [0.4, 0.5) is 5.69 Å². The van der Waals surface area contributed by atoms with Crippen LogP contribution in [0.1, 0.15) is 18.4 Å². The average molecular weight is 247 g/mol. The summed E-state index contributed by atoms with van der Waals surface area (Å²) in [5.41, 5.74) is 7.43. The van der Waals surface area contributed by atoms with Crippen molar-refractivity contribution >= 4 is 11.6 Å². The van der Waals surface area contributed by atoms with Crippen molar-refractivity contribution in [1.29, 1.82) is 0 Å². The Morgan fingerprint density at radius 2 is 2.06 bits per heavy atom. The summed E-state index contributed by atoms with van der Waals surface area (Å²) >= 11 is 0. The Bertz CT molecular complexity index is 411. The average Bonchev–Trinajstić information content (AvgIpc) is 2.35. The second-order valence-corrected chi connectivity index (χ2v) is 5.02. The molecule has 1 amide bonds. The molecule has 0 atom stereocenters. The molecule has 3 N–H and O–H groups in total. The number of carbonyl (C=O) groups is 1. The lowest BCUT2D eigenvalue weighted by molar-refractivity contribution is -0.121. The summed E-state index contributed by atoms with van der Waals surface area (Å²) in [6.07, 6.45) is 2.44. The number of nitrogens with zero attached hydrogens (tertiary/aromatic N) is 1. The highest BCUT2D eigenvalue weighted by Crippen LogP contribution is 2.12. The van der Waals surface area contributed by atoms with Crippen molar-refractivity contribution in [3.8, 4) is 0 Å². The third-order valence-electron chi connectivity index (χ3n) is 3.49. The number of anilines is 1. The van der Waals surface area contributed by atoms with Crippen LogP contribution in [0.25, 0.3) is 0 Å². The van der Waals surface area contributed by atoms with Crippen molar-refractivity contribution in [3.63, 3.8) is 0 Å². The molecule has 0 aromatic heterocycles. The number of rotatable bonds is 3. The molecule has 2 rings (SSSR count). The lowest BCUT2D eigenvalue weighted by Crippen LogP contribution is -2.43. The first-order valence-electron chi connectivity index (χ1n) is 6.46. The van der Waals surface area contributed by atoms with Gasteiger partial charge in [0.1, 0.15) is 0 Å². The number of benzene rings is 1. The number of amides is 1. The molecule has 1 aromatic carbocycles. The molecule has 0 saturated carbocycles. The van der Waals surface area contributed by atoms with E-state index in [2.05, 4.69) is 17.3 Å². The van der Waals surface area contributed by atoms with Gasteiger partial charge < -0.3 is 16.0 Å². The second kappa shape index (κ2) is 5.87. The summed E-state index contributed by atoms with van der Waals surface area (Å²) in [7, 11) is 2.11. The van der Waals surface area contributed by atoms with E-state index >= 15 is 0 Å². The third-order valence-corrected chi connectivity index (χ3v) is 3.49. The highest BCUT2D eigenvalue weighted by molar-refractivity contribution is 5.80. The molecule has 18 heavy (non-hydrogen) atoms. The van der Waals surface area contributed by atoms with Gasteiger partial charge in [0.25, 0.3) is 0 Å². The molecule has 1 aromatic rings. The zero-order valence-corrected chi connectivity index (χ0v) is 10.9. The van der Waals surface area contributed by atoms with Gasteiger partial charge in [-0.1, -0.05) is 18.2 Å². The number of likely N-dealkylation sites (tertiary alicyclic amines) is 1. The summed E-state index contributed by atoms with van der Waals surface area (Å²) in [6.45, 7) is 2.11. The van der Waals surface area contributed by atoms with Crippen molar-refractivity contribution in [2.75, 3.05) is 25.9 Å². The van der Waals surface area contributed by atoms with E-state index in [0.29, 0.717) is 18.2 Å². The van der Waals surface area contributed by atoms with Gasteiger partial charge in [0, 0.05) is 11.7 Å². The Balaban J connectivity index is 1.84. The standard InChI is InChI=1S/C14H21N3O/c1-17-8-6-12(7-9-17)16-14(18)10-11-4-2-3-5-13(11)15/h2-5,12H,6-10,15H2,1H3,(H,16,18). The zero-order chi connectivity index (χ0) is 13.0. The molecule has 1 heterocycles. The molecule has 1 aliphatic rings. The molecular formula is C14H21N3O. The molecule has 0 unspecified atom stereocenters. The van der Waals surface area contributed by atoms with E-state index in [1.165, 1.54) is 0 Å². The molecule has 4 heteroatoms.